The fourth-order valence-electron chi connectivity index (χ4n) is 3.32. The van der Waals surface area contributed by atoms with E-state index in [0.29, 0.717) is 117 Å². The smallest absolute Gasteiger partial charge is 0.261 e. The van der Waals surface area contributed by atoms with E-state index in [0.717, 1.165) is 0 Å². The number of ether oxygens (including phenoxy) is 8. The molecule has 0 saturated carbocycles. The Balaban J connectivity index is 1.24. The molecular weight excluding hydrogens is 500 g/mol. The molecule has 38 heavy (non-hydrogen) atoms. The van der Waals surface area contributed by atoms with Gasteiger partial charge in [-0.25, -0.2) is 0 Å². The van der Waals surface area contributed by atoms with Gasteiger partial charge in [0, 0.05) is 6.54 Å². The molecule has 1 aromatic rings. The molecule has 1 aliphatic heterocycles. The minimum Gasteiger partial charge on any atom is -0.378 e. The van der Waals surface area contributed by atoms with Gasteiger partial charge in [-0.2, -0.15) is 0 Å². The Labute approximate surface area is 224 Å². The molecule has 2 N–H and O–H groups in total. The Morgan fingerprint density at radius 2 is 0.763 bits per heavy atom. The first-order chi connectivity index (χ1) is 18.8. The van der Waals surface area contributed by atoms with Crippen LogP contribution in [0.5, 0.6) is 0 Å². The number of carbonyl (C=O) groups excluding carboxylic acids is 2. The molecule has 216 valence electrons. The quantitative estimate of drug-likeness (QED) is 0.128. The number of hydrogen-bond donors (Lipinski definition) is 1. The molecule has 0 bridgehead atoms. The van der Waals surface area contributed by atoms with Crippen molar-refractivity contribution in [1.29, 1.82) is 0 Å². The van der Waals surface area contributed by atoms with Crippen LogP contribution in [0.25, 0.3) is 0 Å². The second-order valence-electron chi connectivity index (χ2n) is 8.00. The van der Waals surface area contributed by atoms with Crippen LogP contribution >= 0.6 is 0 Å². The fourth-order valence-corrected chi connectivity index (χ4v) is 3.32. The maximum absolute atomic E-state index is 12.3. The summed E-state index contributed by atoms with van der Waals surface area (Å²) in [4.78, 5) is 25.7. The van der Waals surface area contributed by atoms with Crippen LogP contribution in [-0.2, 0) is 37.9 Å². The van der Waals surface area contributed by atoms with Crippen molar-refractivity contribution >= 4 is 11.8 Å². The van der Waals surface area contributed by atoms with Gasteiger partial charge in [0.15, 0.2) is 0 Å². The standard InChI is InChI=1S/C26H42N2O10/c27-5-7-31-9-11-33-13-15-35-17-19-37-21-22-38-20-18-36-16-14-34-12-10-32-8-6-28-25(29)23-3-1-2-4-24(23)26(28)30/h1-4H,5-22,27H2. The maximum Gasteiger partial charge on any atom is 0.261 e. The number of hydrogen-bond acceptors (Lipinski definition) is 11. The van der Waals surface area contributed by atoms with Crippen molar-refractivity contribution in [1.82, 2.24) is 4.90 Å². The van der Waals surface area contributed by atoms with E-state index in [1.807, 2.05) is 0 Å². The molecule has 0 radical (unpaired) electrons. The van der Waals surface area contributed by atoms with Crippen molar-refractivity contribution in [3.05, 3.63) is 35.4 Å². The third-order valence-corrected chi connectivity index (χ3v) is 5.20. The van der Waals surface area contributed by atoms with Gasteiger partial charge in [0.25, 0.3) is 11.8 Å². The van der Waals surface area contributed by atoms with Crippen molar-refractivity contribution in [3.63, 3.8) is 0 Å². The van der Waals surface area contributed by atoms with Gasteiger partial charge in [-0.3, -0.25) is 14.5 Å². The number of nitrogens with zero attached hydrogens (tertiary/aromatic N) is 1. The van der Waals surface area contributed by atoms with Crippen molar-refractivity contribution in [3.8, 4) is 0 Å². The fraction of sp³-hybridized carbons (Fsp3) is 0.692. The third kappa shape index (κ3) is 13.7. The molecule has 2 amide bonds. The van der Waals surface area contributed by atoms with Crippen LogP contribution in [0.3, 0.4) is 0 Å². The van der Waals surface area contributed by atoms with Gasteiger partial charge in [-0.1, -0.05) is 12.1 Å². The zero-order valence-corrected chi connectivity index (χ0v) is 22.1. The first-order valence-electron chi connectivity index (χ1n) is 13.0. The minimum atomic E-state index is -0.275. The second-order valence-corrected chi connectivity index (χ2v) is 8.00. The minimum absolute atomic E-state index is 0.219. The Bertz CT molecular complexity index is 732. The van der Waals surface area contributed by atoms with Crippen LogP contribution in [-0.4, -0.2) is 136 Å². The van der Waals surface area contributed by atoms with Gasteiger partial charge in [0.2, 0.25) is 0 Å². The molecule has 12 heteroatoms. The van der Waals surface area contributed by atoms with Crippen molar-refractivity contribution in [2.24, 2.45) is 5.73 Å². The van der Waals surface area contributed by atoms with Crippen LogP contribution in [0.2, 0.25) is 0 Å². The van der Waals surface area contributed by atoms with E-state index in [-0.39, 0.29) is 25.0 Å². The van der Waals surface area contributed by atoms with Crippen molar-refractivity contribution < 1.29 is 47.5 Å². The highest BCUT2D eigenvalue weighted by atomic mass is 16.6. The maximum atomic E-state index is 12.3. The average Bonchev–Trinajstić information content (AvgIpc) is 3.18. The molecule has 0 atom stereocenters. The number of rotatable bonds is 26. The first kappa shape index (κ1) is 32.2. The van der Waals surface area contributed by atoms with Crippen LogP contribution in [0.4, 0.5) is 0 Å². The molecular formula is C26H42N2O10. The number of amides is 2. The SMILES string of the molecule is NCCOCCOCCOCCOCCOCCOCCOCCOCCN1C(=O)c2ccccc2C1=O. The lowest BCUT2D eigenvalue weighted by atomic mass is 10.1. The van der Waals surface area contributed by atoms with Crippen molar-refractivity contribution in [2.75, 3.05) is 119 Å². The van der Waals surface area contributed by atoms with Crippen LogP contribution < -0.4 is 5.73 Å². The Kier molecular flexibility index (Phi) is 18.5. The summed E-state index contributed by atoms with van der Waals surface area (Å²) in [6.07, 6.45) is 0. The monoisotopic (exact) mass is 542 g/mol. The predicted molar refractivity (Wildman–Crippen MR) is 137 cm³/mol. The Hall–Kier alpha value is -2.00. The Morgan fingerprint density at radius 3 is 1.08 bits per heavy atom. The predicted octanol–water partition coefficient (Wildman–Crippen LogP) is 0.374. The van der Waals surface area contributed by atoms with E-state index < -0.39 is 0 Å². The molecule has 1 heterocycles. The van der Waals surface area contributed by atoms with Crippen molar-refractivity contribution in [2.45, 2.75) is 0 Å². The lowest BCUT2D eigenvalue weighted by Gasteiger charge is -2.13. The molecule has 0 spiro atoms. The van der Waals surface area contributed by atoms with E-state index in [9.17, 15) is 9.59 Å². The van der Waals surface area contributed by atoms with Gasteiger partial charge in [0.1, 0.15) is 0 Å². The second kappa shape index (κ2) is 21.9. The number of nitrogens with two attached hydrogens (primary N) is 1. The number of carbonyl (C=O) groups is 2. The highest BCUT2D eigenvalue weighted by Gasteiger charge is 2.34. The molecule has 0 fully saturated rings. The third-order valence-electron chi connectivity index (χ3n) is 5.20. The van der Waals surface area contributed by atoms with Crippen LogP contribution in [0, 0.1) is 0 Å². The highest BCUT2D eigenvalue weighted by molar-refractivity contribution is 6.21. The lowest BCUT2D eigenvalue weighted by Crippen LogP contribution is -2.33. The number of fused-ring (bicyclic) bond motifs is 1. The summed E-state index contributed by atoms with van der Waals surface area (Å²) in [5, 5.41) is 0. The number of benzene rings is 1. The normalized spacial score (nSPS) is 13.0. The first-order valence-corrected chi connectivity index (χ1v) is 13.0. The summed E-state index contributed by atoms with van der Waals surface area (Å²) >= 11 is 0. The van der Waals surface area contributed by atoms with Crippen LogP contribution in [0.15, 0.2) is 24.3 Å². The molecule has 2 rings (SSSR count). The van der Waals surface area contributed by atoms with E-state index in [1.54, 1.807) is 24.3 Å². The molecule has 12 nitrogen and oxygen atoms in total. The topological polar surface area (TPSA) is 137 Å². The zero-order valence-electron chi connectivity index (χ0n) is 22.1. The van der Waals surface area contributed by atoms with Gasteiger partial charge >= 0.3 is 0 Å². The molecule has 0 unspecified atom stereocenters. The van der Waals surface area contributed by atoms with Gasteiger partial charge in [-0.05, 0) is 12.1 Å². The van der Waals surface area contributed by atoms with E-state index in [4.69, 9.17) is 43.6 Å². The van der Waals surface area contributed by atoms with E-state index >= 15 is 0 Å². The van der Waals surface area contributed by atoms with Gasteiger partial charge in [0.05, 0.1) is 123 Å². The van der Waals surface area contributed by atoms with E-state index in [2.05, 4.69) is 0 Å². The Morgan fingerprint density at radius 1 is 0.474 bits per heavy atom. The highest BCUT2D eigenvalue weighted by Crippen LogP contribution is 2.21. The summed E-state index contributed by atoms with van der Waals surface area (Å²) in [6.45, 7) is 8.29. The summed E-state index contributed by atoms with van der Waals surface area (Å²) in [5.74, 6) is -0.550. The summed E-state index contributed by atoms with van der Waals surface area (Å²) in [6, 6.07) is 6.82. The summed E-state index contributed by atoms with van der Waals surface area (Å²) < 4.78 is 43.2. The van der Waals surface area contributed by atoms with Gasteiger partial charge in [-0.15, -0.1) is 0 Å². The molecule has 0 saturated heterocycles. The average molecular weight is 543 g/mol. The van der Waals surface area contributed by atoms with Crippen LogP contribution in [0.1, 0.15) is 20.7 Å². The zero-order chi connectivity index (χ0) is 27.1. The largest absolute Gasteiger partial charge is 0.378 e. The van der Waals surface area contributed by atoms with Gasteiger partial charge < -0.3 is 43.6 Å². The molecule has 1 aliphatic rings. The number of imide groups is 1. The molecule has 0 aliphatic carbocycles. The van der Waals surface area contributed by atoms with E-state index in [1.165, 1.54) is 4.90 Å². The lowest BCUT2D eigenvalue weighted by molar-refractivity contribution is -0.0231. The summed E-state index contributed by atoms with van der Waals surface area (Å²) in [7, 11) is 0. The molecule has 1 aromatic carbocycles. The summed E-state index contributed by atoms with van der Waals surface area (Å²) in [5.41, 5.74) is 6.21. The molecule has 0 aromatic heterocycles.